The van der Waals surface area contributed by atoms with Gasteiger partial charge in [0.25, 0.3) is 5.56 Å². The minimum Gasteiger partial charge on any atom is -0.365 e. The molecule has 0 aliphatic carbocycles. The van der Waals surface area contributed by atoms with Crippen LogP contribution in [0.15, 0.2) is 17.2 Å². The molecule has 1 N–H and O–H groups in total. The van der Waals surface area contributed by atoms with Crippen molar-refractivity contribution in [3.05, 3.63) is 22.7 Å². The molecule has 0 unspecified atom stereocenters. The summed E-state index contributed by atoms with van der Waals surface area (Å²) in [7, 11) is 0. The van der Waals surface area contributed by atoms with Gasteiger partial charge in [-0.3, -0.25) is 4.79 Å². The third-order valence-electron chi connectivity index (χ3n) is 3.19. The van der Waals surface area contributed by atoms with E-state index in [1.54, 1.807) is 17.0 Å². The molecule has 1 aromatic heterocycles. The summed E-state index contributed by atoms with van der Waals surface area (Å²) in [6.07, 6.45) is 5.69. The molecule has 18 heavy (non-hydrogen) atoms. The zero-order chi connectivity index (χ0) is 13.5. The Bertz CT molecular complexity index is 408. The third kappa shape index (κ3) is 4.17. The molecule has 0 radical (unpaired) electrons. The van der Waals surface area contributed by atoms with Crippen LogP contribution in [0.3, 0.4) is 0 Å². The van der Waals surface area contributed by atoms with Gasteiger partial charge in [0.15, 0.2) is 5.82 Å². The normalized spacial score (nSPS) is 11.2. The number of hydrogen-bond donors (Lipinski definition) is 1. The maximum Gasteiger partial charge on any atom is 0.293 e. The van der Waals surface area contributed by atoms with Crippen LogP contribution in [0.25, 0.3) is 0 Å². The maximum absolute atomic E-state index is 12.1. The maximum atomic E-state index is 12.1. The van der Waals surface area contributed by atoms with Crippen molar-refractivity contribution in [1.82, 2.24) is 9.55 Å². The number of rotatable bonds is 7. The van der Waals surface area contributed by atoms with E-state index in [1.807, 2.05) is 0 Å². The van der Waals surface area contributed by atoms with Crippen molar-refractivity contribution in [3.8, 4) is 0 Å². The second kappa shape index (κ2) is 7.19. The Hall–Kier alpha value is -1.32. The minimum atomic E-state index is -0.0165. The number of anilines is 1. The molecule has 0 aliphatic heterocycles. The van der Waals surface area contributed by atoms with Crippen LogP contribution in [0.4, 0.5) is 5.82 Å². The van der Waals surface area contributed by atoms with E-state index < -0.39 is 0 Å². The second-order valence-corrected chi connectivity index (χ2v) is 5.19. The van der Waals surface area contributed by atoms with Crippen molar-refractivity contribution >= 4 is 5.82 Å². The summed E-state index contributed by atoms with van der Waals surface area (Å²) >= 11 is 0. The van der Waals surface area contributed by atoms with Gasteiger partial charge in [0.05, 0.1) is 0 Å². The van der Waals surface area contributed by atoms with E-state index in [1.165, 1.54) is 0 Å². The van der Waals surface area contributed by atoms with Gasteiger partial charge >= 0.3 is 0 Å². The SMILES string of the molecule is CCC(CC)CNc1nccn(CC(C)C)c1=O. The van der Waals surface area contributed by atoms with Gasteiger partial charge in [0, 0.05) is 25.5 Å². The Kier molecular flexibility index (Phi) is 5.89. The molecule has 0 spiro atoms. The summed E-state index contributed by atoms with van der Waals surface area (Å²) in [5.41, 5.74) is -0.0165. The zero-order valence-electron chi connectivity index (χ0n) is 11.9. The monoisotopic (exact) mass is 251 g/mol. The first-order valence-corrected chi connectivity index (χ1v) is 6.87. The summed E-state index contributed by atoms with van der Waals surface area (Å²) in [6.45, 7) is 10.1. The largest absolute Gasteiger partial charge is 0.365 e. The van der Waals surface area contributed by atoms with Crippen molar-refractivity contribution in [3.63, 3.8) is 0 Å². The molecule has 0 saturated heterocycles. The Morgan fingerprint density at radius 3 is 2.56 bits per heavy atom. The van der Waals surface area contributed by atoms with Crippen LogP contribution in [-0.2, 0) is 6.54 Å². The van der Waals surface area contributed by atoms with Crippen molar-refractivity contribution in [2.75, 3.05) is 11.9 Å². The molecule has 1 rings (SSSR count). The van der Waals surface area contributed by atoms with Gasteiger partial charge in [-0.25, -0.2) is 4.98 Å². The lowest BCUT2D eigenvalue weighted by Gasteiger charge is -2.14. The van der Waals surface area contributed by atoms with Gasteiger partial charge in [-0.2, -0.15) is 0 Å². The summed E-state index contributed by atoms with van der Waals surface area (Å²) in [6, 6.07) is 0. The standard InChI is InChI=1S/C14H25N3O/c1-5-12(6-2)9-16-13-14(18)17(8-7-15-13)10-11(3)4/h7-8,11-12H,5-6,9-10H2,1-4H3,(H,15,16). The molecule has 0 fully saturated rings. The minimum absolute atomic E-state index is 0.0165. The quantitative estimate of drug-likeness (QED) is 0.810. The number of hydrogen-bond acceptors (Lipinski definition) is 3. The van der Waals surface area contributed by atoms with Crippen LogP contribution >= 0.6 is 0 Å². The average Bonchev–Trinajstić information content (AvgIpc) is 2.34. The fraction of sp³-hybridized carbons (Fsp3) is 0.714. The number of nitrogens with zero attached hydrogens (tertiary/aromatic N) is 2. The first-order valence-electron chi connectivity index (χ1n) is 6.87. The highest BCUT2D eigenvalue weighted by Gasteiger charge is 2.08. The first-order chi connectivity index (χ1) is 8.58. The molecule has 1 heterocycles. The third-order valence-corrected chi connectivity index (χ3v) is 3.19. The Morgan fingerprint density at radius 1 is 1.33 bits per heavy atom. The van der Waals surface area contributed by atoms with Crippen LogP contribution in [0.5, 0.6) is 0 Å². The van der Waals surface area contributed by atoms with Crippen LogP contribution in [0.2, 0.25) is 0 Å². The molecule has 0 atom stereocenters. The van der Waals surface area contributed by atoms with Gasteiger partial charge in [-0.1, -0.05) is 40.5 Å². The van der Waals surface area contributed by atoms with E-state index in [-0.39, 0.29) is 5.56 Å². The molecule has 102 valence electrons. The van der Waals surface area contributed by atoms with E-state index in [0.717, 1.165) is 25.9 Å². The van der Waals surface area contributed by atoms with Gasteiger partial charge in [0.2, 0.25) is 0 Å². The van der Waals surface area contributed by atoms with Crippen LogP contribution in [0, 0.1) is 11.8 Å². The van der Waals surface area contributed by atoms with Crippen molar-refractivity contribution in [1.29, 1.82) is 0 Å². The van der Waals surface area contributed by atoms with E-state index in [4.69, 9.17) is 0 Å². The van der Waals surface area contributed by atoms with E-state index in [9.17, 15) is 4.79 Å². The molecule has 0 aliphatic rings. The molecule has 0 amide bonds. The summed E-state index contributed by atoms with van der Waals surface area (Å²) in [5.74, 6) is 1.53. The van der Waals surface area contributed by atoms with Gasteiger partial charge in [0.1, 0.15) is 0 Å². The molecular weight excluding hydrogens is 226 g/mol. The molecule has 4 heteroatoms. The van der Waals surface area contributed by atoms with Gasteiger partial charge in [-0.05, 0) is 11.8 Å². The molecule has 0 saturated carbocycles. The number of nitrogens with one attached hydrogen (secondary N) is 1. The smallest absolute Gasteiger partial charge is 0.293 e. The molecule has 1 aromatic rings. The van der Waals surface area contributed by atoms with E-state index in [2.05, 4.69) is 38.0 Å². The molecular formula is C14H25N3O. The molecule has 0 bridgehead atoms. The lowest BCUT2D eigenvalue weighted by Crippen LogP contribution is -2.27. The summed E-state index contributed by atoms with van der Waals surface area (Å²) in [4.78, 5) is 16.3. The second-order valence-electron chi connectivity index (χ2n) is 5.19. The fourth-order valence-electron chi connectivity index (χ4n) is 1.92. The van der Waals surface area contributed by atoms with Crippen LogP contribution < -0.4 is 10.9 Å². The number of aromatic nitrogens is 2. The zero-order valence-corrected chi connectivity index (χ0v) is 11.9. The van der Waals surface area contributed by atoms with E-state index in [0.29, 0.717) is 17.7 Å². The van der Waals surface area contributed by atoms with Crippen LogP contribution in [-0.4, -0.2) is 16.1 Å². The summed E-state index contributed by atoms with van der Waals surface area (Å²) < 4.78 is 1.73. The molecule has 4 nitrogen and oxygen atoms in total. The topological polar surface area (TPSA) is 46.9 Å². The van der Waals surface area contributed by atoms with Gasteiger partial charge in [-0.15, -0.1) is 0 Å². The highest BCUT2D eigenvalue weighted by molar-refractivity contribution is 5.30. The predicted molar refractivity (Wildman–Crippen MR) is 75.9 cm³/mol. The van der Waals surface area contributed by atoms with Crippen molar-refractivity contribution in [2.45, 2.75) is 47.1 Å². The van der Waals surface area contributed by atoms with Gasteiger partial charge < -0.3 is 9.88 Å². The summed E-state index contributed by atoms with van der Waals surface area (Å²) in [5, 5.41) is 3.18. The Balaban J connectivity index is 2.75. The van der Waals surface area contributed by atoms with Crippen LogP contribution in [0.1, 0.15) is 40.5 Å². The first kappa shape index (κ1) is 14.7. The fourth-order valence-corrected chi connectivity index (χ4v) is 1.92. The highest BCUT2D eigenvalue weighted by Crippen LogP contribution is 2.07. The predicted octanol–water partition coefficient (Wildman–Crippen LogP) is 2.75. The van der Waals surface area contributed by atoms with E-state index >= 15 is 0 Å². The highest BCUT2D eigenvalue weighted by atomic mass is 16.1. The Labute approximate surface area is 109 Å². The molecule has 0 aromatic carbocycles. The lowest BCUT2D eigenvalue weighted by atomic mass is 10.0. The Morgan fingerprint density at radius 2 is 2.00 bits per heavy atom. The average molecular weight is 251 g/mol. The van der Waals surface area contributed by atoms with Crippen molar-refractivity contribution < 1.29 is 0 Å². The lowest BCUT2D eigenvalue weighted by molar-refractivity contribution is 0.504. The van der Waals surface area contributed by atoms with Crippen molar-refractivity contribution in [2.24, 2.45) is 11.8 Å².